The van der Waals surface area contributed by atoms with Gasteiger partial charge in [0.1, 0.15) is 11.5 Å². The lowest BCUT2D eigenvalue weighted by Gasteiger charge is -2.06. The molecule has 0 radical (unpaired) electrons. The summed E-state index contributed by atoms with van der Waals surface area (Å²) < 4.78 is 10.9. The highest BCUT2D eigenvalue weighted by molar-refractivity contribution is 7.14. The highest BCUT2D eigenvalue weighted by Crippen LogP contribution is 2.42. The van der Waals surface area contributed by atoms with E-state index in [9.17, 15) is 15.2 Å². The normalized spacial score (nSPS) is 12.0. The van der Waals surface area contributed by atoms with Gasteiger partial charge in [-0.2, -0.15) is 0 Å². The molecule has 1 atom stereocenters. The third-order valence-electron chi connectivity index (χ3n) is 2.63. The maximum absolute atomic E-state index is 11.0. The maximum atomic E-state index is 11.0. The SMILES string of the molecule is CCOc1cccc(Oc2sc([C@H](C)O)cc2[N+](=O)[O-])c1. The second-order valence-electron chi connectivity index (χ2n) is 4.26. The van der Waals surface area contributed by atoms with Gasteiger partial charge in [0, 0.05) is 17.0 Å². The zero-order valence-electron chi connectivity index (χ0n) is 11.6. The van der Waals surface area contributed by atoms with E-state index in [1.165, 1.54) is 6.07 Å². The lowest BCUT2D eigenvalue weighted by Crippen LogP contribution is -1.92. The first-order chi connectivity index (χ1) is 10.0. The Morgan fingerprint density at radius 2 is 2.10 bits per heavy atom. The minimum Gasteiger partial charge on any atom is -0.494 e. The largest absolute Gasteiger partial charge is 0.494 e. The average Bonchev–Trinajstić information content (AvgIpc) is 2.84. The number of ether oxygens (including phenoxy) is 2. The topological polar surface area (TPSA) is 81.8 Å². The minimum absolute atomic E-state index is 0.143. The molecule has 6 nitrogen and oxygen atoms in total. The Balaban J connectivity index is 2.30. The molecule has 1 aromatic carbocycles. The van der Waals surface area contributed by atoms with E-state index in [1.807, 2.05) is 6.92 Å². The van der Waals surface area contributed by atoms with E-state index in [1.54, 1.807) is 31.2 Å². The van der Waals surface area contributed by atoms with E-state index < -0.39 is 11.0 Å². The minimum atomic E-state index is -0.777. The Kier molecular flexibility index (Phi) is 4.77. The van der Waals surface area contributed by atoms with E-state index >= 15 is 0 Å². The lowest BCUT2D eigenvalue weighted by atomic mass is 10.3. The Labute approximate surface area is 125 Å². The Bertz CT molecular complexity index is 638. The van der Waals surface area contributed by atoms with Crippen LogP contribution in [0, 0.1) is 10.1 Å². The highest BCUT2D eigenvalue weighted by atomic mass is 32.1. The number of aliphatic hydroxyl groups excluding tert-OH is 1. The van der Waals surface area contributed by atoms with E-state index in [-0.39, 0.29) is 10.8 Å². The van der Waals surface area contributed by atoms with Gasteiger partial charge in [-0.1, -0.05) is 17.4 Å². The van der Waals surface area contributed by atoms with Gasteiger partial charge in [-0.25, -0.2) is 0 Å². The summed E-state index contributed by atoms with van der Waals surface area (Å²) >= 11 is 1.06. The molecule has 0 fully saturated rings. The summed E-state index contributed by atoms with van der Waals surface area (Å²) in [6.07, 6.45) is -0.777. The van der Waals surface area contributed by atoms with E-state index in [0.717, 1.165) is 11.3 Å². The van der Waals surface area contributed by atoms with Gasteiger partial charge in [0.25, 0.3) is 5.06 Å². The standard InChI is InChI=1S/C14H15NO5S/c1-3-19-10-5-4-6-11(7-10)20-14-12(15(17)18)8-13(21-14)9(2)16/h4-9,16H,3H2,1-2H3/t9-/m0/s1. The molecule has 1 N–H and O–H groups in total. The summed E-state index contributed by atoms with van der Waals surface area (Å²) in [7, 11) is 0. The van der Waals surface area contributed by atoms with Crippen LogP contribution in [-0.4, -0.2) is 16.6 Å². The molecule has 1 heterocycles. The Hall–Kier alpha value is -2.12. The van der Waals surface area contributed by atoms with Crippen molar-refractivity contribution in [2.75, 3.05) is 6.61 Å². The second-order valence-corrected chi connectivity index (χ2v) is 5.31. The summed E-state index contributed by atoms with van der Waals surface area (Å²) in [4.78, 5) is 11.0. The van der Waals surface area contributed by atoms with Gasteiger partial charge in [0.05, 0.1) is 17.6 Å². The number of nitrogens with zero attached hydrogens (tertiary/aromatic N) is 1. The van der Waals surface area contributed by atoms with Crippen molar-refractivity contribution in [1.29, 1.82) is 0 Å². The van der Waals surface area contributed by atoms with Gasteiger partial charge in [-0.3, -0.25) is 10.1 Å². The van der Waals surface area contributed by atoms with Crippen molar-refractivity contribution < 1.29 is 19.5 Å². The average molecular weight is 309 g/mol. The van der Waals surface area contributed by atoms with Crippen molar-refractivity contribution in [3.8, 4) is 16.6 Å². The predicted molar refractivity (Wildman–Crippen MR) is 79.3 cm³/mol. The van der Waals surface area contributed by atoms with Crippen molar-refractivity contribution in [3.05, 3.63) is 45.3 Å². The van der Waals surface area contributed by atoms with Crippen LogP contribution >= 0.6 is 11.3 Å². The fourth-order valence-corrected chi connectivity index (χ4v) is 2.62. The Morgan fingerprint density at radius 3 is 2.71 bits per heavy atom. The van der Waals surface area contributed by atoms with Crippen LogP contribution in [0.4, 0.5) is 5.69 Å². The molecule has 0 aliphatic rings. The van der Waals surface area contributed by atoms with Crippen LogP contribution in [-0.2, 0) is 0 Å². The predicted octanol–water partition coefficient (Wildman–Crippen LogP) is 3.90. The molecule has 0 amide bonds. The quantitative estimate of drug-likeness (QED) is 0.646. The van der Waals surface area contributed by atoms with Crippen molar-refractivity contribution in [2.45, 2.75) is 20.0 Å². The highest BCUT2D eigenvalue weighted by Gasteiger charge is 2.23. The van der Waals surface area contributed by atoms with Crippen LogP contribution in [0.1, 0.15) is 24.8 Å². The molecule has 21 heavy (non-hydrogen) atoms. The fraction of sp³-hybridized carbons (Fsp3) is 0.286. The molecule has 0 aliphatic carbocycles. The first-order valence-electron chi connectivity index (χ1n) is 6.38. The van der Waals surface area contributed by atoms with Crippen molar-refractivity contribution in [2.24, 2.45) is 0 Å². The molecular formula is C14H15NO5S. The first-order valence-corrected chi connectivity index (χ1v) is 7.19. The number of aliphatic hydroxyl groups is 1. The number of rotatable bonds is 6. The lowest BCUT2D eigenvalue weighted by molar-refractivity contribution is -0.385. The number of benzene rings is 1. The van der Waals surface area contributed by atoms with Crippen LogP contribution in [0.5, 0.6) is 16.6 Å². The van der Waals surface area contributed by atoms with E-state index in [4.69, 9.17) is 9.47 Å². The van der Waals surface area contributed by atoms with E-state index in [0.29, 0.717) is 23.0 Å². The van der Waals surface area contributed by atoms with Gasteiger partial charge in [-0.05, 0) is 26.0 Å². The molecule has 0 unspecified atom stereocenters. The third-order valence-corrected chi connectivity index (χ3v) is 3.81. The fourth-order valence-electron chi connectivity index (χ4n) is 1.69. The van der Waals surface area contributed by atoms with Crippen LogP contribution in [0.15, 0.2) is 30.3 Å². The number of nitro groups is 1. The second kappa shape index (κ2) is 6.55. The van der Waals surface area contributed by atoms with Gasteiger partial charge < -0.3 is 14.6 Å². The molecule has 0 saturated heterocycles. The monoisotopic (exact) mass is 309 g/mol. The molecular weight excluding hydrogens is 294 g/mol. The van der Waals surface area contributed by atoms with Gasteiger partial charge in [0.15, 0.2) is 0 Å². The molecule has 2 rings (SSSR count). The molecule has 0 spiro atoms. The summed E-state index contributed by atoms with van der Waals surface area (Å²) in [5, 5.41) is 20.7. The summed E-state index contributed by atoms with van der Waals surface area (Å²) in [5.74, 6) is 1.08. The van der Waals surface area contributed by atoms with Gasteiger partial charge in [-0.15, -0.1) is 0 Å². The summed E-state index contributed by atoms with van der Waals surface area (Å²) in [6, 6.07) is 8.20. The number of hydrogen-bond acceptors (Lipinski definition) is 6. The van der Waals surface area contributed by atoms with E-state index in [2.05, 4.69) is 0 Å². The first kappa shape index (κ1) is 15.3. The molecule has 0 saturated carbocycles. The molecule has 0 bridgehead atoms. The van der Waals surface area contributed by atoms with Crippen molar-refractivity contribution >= 4 is 17.0 Å². The zero-order chi connectivity index (χ0) is 15.4. The molecule has 7 heteroatoms. The van der Waals surface area contributed by atoms with Crippen LogP contribution in [0.3, 0.4) is 0 Å². The number of thiophene rings is 1. The molecule has 1 aromatic heterocycles. The van der Waals surface area contributed by atoms with Crippen molar-refractivity contribution in [1.82, 2.24) is 0 Å². The third kappa shape index (κ3) is 3.71. The zero-order valence-corrected chi connectivity index (χ0v) is 12.4. The summed E-state index contributed by atoms with van der Waals surface area (Å²) in [5.41, 5.74) is -0.155. The van der Waals surface area contributed by atoms with Gasteiger partial charge >= 0.3 is 5.69 Å². The summed E-state index contributed by atoms with van der Waals surface area (Å²) in [6.45, 7) is 3.94. The smallest absolute Gasteiger partial charge is 0.323 e. The van der Waals surface area contributed by atoms with Crippen molar-refractivity contribution in [3.63, 3.8) is 0 Å². The van der Waals surface area contributed by atoms with Crippen LogP contribution in [0.25, 0.3) is 0 Å². The van der Waals surface area contributed by atoms with Gasteiger partial charge in [0.2, 0.25) is 0 Å². The molecule has 0 aliphatic heterocycles. The molecule has 112 valence electrons. The maximum Gasteiger partial charge on any atom is 0.323 e. The van der Waals surface area contributed by atoms with Crippen LogP contribution < -0.4 is 9.47 Å². The number of hydrogen-bond donors (Lipinski definition) is 1. The Morgan fingerprint density at radius 1 is 1.38 bits per heavy atom. The van der Waals surface area contributed by atoms with Crippen LogP contribution in [0.2, 0.25) is 0 Å². The molecule has 2 aromatic rings.